The van der Waals surface area contributed by atoms with Crippen LogP contribution in [0.1, 0.15) is 24.2 Å². The predicted octanol–water partition coefficient (Wildman–Crippen LogP) is 3.08. The van der Waals surface area contributed by atoms with Gasteiger partial charge in [-0.2, -0.15) is 0 Å². The van der Waals surface area contributed by atoms with E-state index in [-0.39, 0.29) is 16.6 Å². The highest BCUT2D eigenvalue weighted by molar-refractivity contribution is 8.00. The van der Waals surface area contributed by atoms with Crippen LogP contribution in [-0.4, -0.2) is 28.9 Å². The van der Waals surface area contributed by atoms with E-state index in [1.165, 1.54) is 23.9 Å². The molecule has 1 unspecified atom stereocenters. The van der Waals surface area contributed by atoms with E-state index in [2.05, 4.69) is 0 Å². The highest BCUT2D eigenvalue weighted by Crippen LogP contribution is 2.28. The maximum atomic E-state index is 11.4. The Balaban J connectivity index is 2.82. The Morgan fingerprint density at radius 3 is 2.72 bits per heavy atom. The van der Waals surface area contributed by atoms with Gasteiger partial charge in [0, 0.05) is 4.90 Å². The fourth-order valence-corrected chi connectivity index (χ4v) is 2.36. The fourth-order valence-electron chi connectivity index (χ4n) is 1.25. The van der Waals surface area contributed by atoms with Gasteiger partial charge in [0.2, 0.25) is 0 Å². The standard InChI is InChI=1S/C12H13ClO4S/c1-3-17-12(16)7(2)18-8-4-5-10(13)9(6-8)11(14)15/h4-7H,3H2,1-2H3,(H,14,15). The van der Waals surface area contributed by atoms with Crippen molar-refractivity contribution in [3.05, 3.63) is 28.8 Å². The number of carboxylic acid groups (broad SMARTS) is 1. The summed E-state index contributed by atoms with van der Waals surface area (Å²) < 4.78 is 4.88. The van der Waals surface area contributed by atoms with Crippen LogP contribution in [0.3, 0.4) is 0 Å². The van der Waals surface area contributed by atoms with Crippen LogP contribution in [0.2, 0.25) is 5.02 Å². The summed E-state index contributed by atoms with van der Waals surface area (Å²) >= 11 is 6.99. The summed E-state index contributed by atoms with van der Waals surface area (Å²) in [7, 11) is 0. The Hall–Kier alpha value is -1.20. The van der Waals surface area contributed by atoms with Crippen molar-refractivity contribution in [2.75, 3.05) is 6.61 Å². The van der Waals surface area contributed by atoms with Crippen LogP contribution in [-0.2, 0) is 9.53 Å². The minimum absolute atomic E-state index is 0.0257. The Labute approximate surface area is 114 Å². The zero-order valence-electron chi connectivity index (χ0n) is 9.97. The summed E-state index contributed by atoms with van der Waals surface area (Å²) in [6.45, 7) is 3.77. The second-order valence-electron chi connectivity index (χ2n) is 3.46. The van der Waals surface area contributed by atoms with Gasteiger partial charge in [-0.3, -0.25) is 4.79 Å². The van der Waals surface area contributed by atoms with Crippen molar-refractivity contribution in [2.45, 2.75) is 24.0 Å². The number of ether oxygens (including phenoxy) is 1. The average Bonchev–Trinajstić information content (AvgIpc) is 2.31. The summed E-state index contributed by atoms with van der Waals surface area (Å²) in [5.41, 5.74) is 0.0257. The van der Waals surface area contributed by atoms with E-state index in [1.807, 2.05) is 0 Å². The number of thioether (sulfide) groups is 1. The molecule has 0 heterocycles. The molecule has 0 radical (unpaired) electrons. The summed E-state index contributed by atoms with van der Waals surface area (Å²) in [6.07, 6.45) is 0. The number of benzene rings is 1. The van der Waals surface area contributed by atoms with Crippen LogP contribution in [0.25, 0.3) is 0 Å². The molecule has 18 heavy (non-hydrogen) atoms. The number of carboxylic acids is 1. The van der Waals surface area contributed by atoms with Crippen LogP contribution >= 0.6 is 23.4 Å². The van der Waals surface area contributed by atoms with Crippen molar-refractivity contribution in [3.63, 3.8) is 0 Å². The van der Waals surface area contributed by atoms with Crippen molar-refractivity contribution in [1.29, 1.82) is 0 Å². The third kappa shape index (κ3) is 3.92. The zero-order chi connectivity index (χ0) is 13.7. The normalized spacial score (nSPS) is 11.9. The highest BCUT2D eigenvalue weighted by Gasteiger charge is 2.17. The number of hydrogen-bond donors (Lipinski definition) is 1. The number of carbonyl (C=O) groups is 2. The van der Waals surface area contributed by atoms with Crippen LogP contribution in [0.4, 0.5) is 0 Å². The molecule has 1 rings (SSSR count). The molecule has 98 valence electrons. The lowest BCUT2D eigenvalue weighted by molar-refractivity contribution is -0.142. The first-order valence-corrected chi connectivity index (χ1v) is 6.57. The number of halogens is 1. The van der Waals surface area contributed by atoms with Crippen LogP contribution in [0.5, 0.6) is 0 Å². The molecule has 0 aliphatic heterocycles. The first kappa shape index (κ1) is 14.9. The first-order chi connectivity index (χ1) is 8.45. The van der Waals surface area contributed by atoms with Gasteiger partial charge in [-0.15, -0.1) is 11.8 Å². The molecule has 1 aromatic carbocycles. The van der Waals surface area contributed by atoms with Crippen molar-refractivity contribution >= 4 is 35.3 Å². The average molecular weight is 289 g/mol. The van der Waals surface area contributed by atoms with E-state index in [4.69, 9.17) is 21.4 Å². The number of esters is 1. The van der Waals surface area contributed by atoms with Crippen LogP contribution in [0.15, 0.2) is 23.1 Å². The molecule has 6 heteroatoms. The lowest BCUT2D eigenvalue weighted by Crippen LogP contribution is -2.16. The van der Waals surface area contributed by atoms with E-state index < -0.39 is 11.2 Å². The fraction of sp³-hybridized carbons (Fsp3) is 0.333. The number of hydrogen-bond acceptors (Lipinski definition) is 4. The molecule has 0 saturated heterocycles. The molecule has 0 aliphatic rings. The van der Waals surface area contributed by atoms with Crippen molar-refractivity contribution in [3.8, 4) is 0 Å². The van der Waals surface area contributed by atoms with E-state index in [9.17, 15) is 9.59 Å². The molecule has 1 N–H and O–H groups in total. The van der Waals surface area contributed by atoms with Crippen LogP contribution in [0, 0.1) is 0 Å². The minimum atomic E-state index is -1.09. The molecule has 4 nitrogen and oxygen atoms in total. The third-order valence-electron chi connectivity index (χ3n) is 2.10. The quantitative estimate of drug-likeness (QED) is 0.666. The Morgan fingerprint density at radius 2 is 2.17 bits per heavy atom. The minimum Gasteiger partial charge on any atom is -0.478 e. The smallest absolute Gasteiger partial charge is 0.337 e. The Morgan fingerprint density at radius 1 is 1.50 bits per heavy atom. The summed E-state index contributed by atoms with van der Waals surface area (Å²) in [5.74, 6) is -1.42. The van der Waals surface area contributed by atoms with Gasteiger partial charge >= 0.3 is 11.9 Å². The molecule has 0 bridgehead atoms. The molecule has 0 spiro atoms. The maximum absolute atomic E-state index is 11.4. The summed E-state index contributed by atoms with van der Waals surface area (Å²) in [6, 6.07) is 4.63. The van der Waals surface area contributed by atoms with E-state index >= 15 is 0 Å². The van der Waals surface area contributed by atoms with Gasteiger partial charge in [0.05, 0.1) is 17.2 Å². The second kappa shape index (κ2) is 6.66. The number of rotatable bonds is 5. The van der Waals surface area contributed by atoms with Crippen molar-refractivity contribution in [2.24, 2.45) is 0 Å². The largest absolute Gasteiger partial charge is 0.478 e. The molecular formula is C12H13ClO4S. The number of aromatic carboxylic acids is 1. The molecule has 1 aromatic rings. The zero-order valence-corrected chi connectivity index (χ0v) is 11.5. The first-order valence-electron chi connectivity index (χ1n) is 5.31. The molecule has 0 saturated carbocycles. The Kier molecular flexibility index (Phi) is 5.50. The summed E-state index contributed by atoms with van der Waals surface area (Å²) in [5, 5.41) is 8.71. The van der Waals surface area contributed by atoms with E-state index in [0.717, 1.165) is 0 Å². The van der Waals surface area contributed by atoms with Gasteiger partial charge < -0.3 is 9.84 Å². The highest BCUT2D eigenvalue weighted by atomic mass is 35.5. The molecule has 0 aromatic heterocycles. The topological polar surface area (TPSA) is 63.6 Å². The van der Waals surface area contributed by atoms with Gasteiger partial charge in [-0.05, 0) is 32.0 Å². The van der Waals surface area contributed by atoms with E-state index in [0.29, 0.717) is 11.5 Å². The predicted molar refractivity (Wildman–Crippen MR) is 70.4 cm³/mol. The van der Waals surface area contributed by atoms with Gasteiger partial charge in [0.15, 0.2) is 0 Å². The summed E-state index contributed by atoms with van der Waals surface area (Å²) in [4.78, 5) is 23.0. The number of carbonyl (C=O) groups excluding carboxylic acids is 1. The monoisotopic (exact) mass is 288 g/mol. The Bertz CT molecular complexity index is 461. The lowest BCUT2D eigenvalue weighted by Gasteiger charge is -2.10. The van der Waals surface area contributed by atoms with Gasteiger partial charge in [0.25, 0.3) is 0 Å². The third-order valence-corrected chi connectivity index (χ3v) is 3.50. The molecule has 1 atom stereocenters. The maximum Gasteiger partial charge on any atom is 0.337 e. The molecule has 0 aliphatic carbocycles. The van der Waals surface area contributed by atoms with Gasteiger partial charge in [-0.1, -0.05) is 11.6 Å². The van der Waals surface area contributed by atoms with E-state index in [1.54, 1.807) is 19.9 Å². The molecular weight excluding hydrogens is 276 g/mol. The lowest BCUT2D eigenvalue weighted by atomic mass is 10.2. The van der Waals surface area contributed by atoms with Gasteiger partial charge in [-0.25, -0.2) is 4.79 Å². The second-order valence-corrected chi connectivity index (χ2v) is 5.28. The van der Waals surface area contributed by atoms with Crippen LogP contribution < -0.4 is 0 Å². The van der Waals surface area contributed by atoms with Gasteiger partial charge in [0.1, 0.15) is 5.25 Å². The van der Waals surface area contributed by atoms with Crippen molar-refractivity contribution < 1.29 is 19.4 Å². The SMILES string of the molecule is CCOC(=O)C(C)Sc1ccc(Cl)c(C(=O)O)c1. The van der Waals surface area contributed by atoms with Crippen molar-refractivity contribution in [1.82, 2.24) is 0 Å². The molecule has 0 amide bonds. The molecule has 0 fully saturated rings.